The van der Waals surface area contributed by atoms with Gasteiger partial charge in [0, 0.05) is 17.7 Å². The van der Waals surface area contributed by atoms with Gasteiger partial charge in [-0.05, 0) is 30.7 Å². The molecule has 4 aromatic rings. The van der Waals surface area contributed by atoms with E-state index in [1.54, 1.807) is 28.8 Å². The topological polar surface area (TPSA) is 81.4 Å². The summed E-state index contributed by atoms with van der Waals surface area (Å²) >= 11 is 7.51. The number of halogens is 1. The molecule has 0 saturated carbocycles. The molecule has 0 aliphatic rings. The van der Waals surface area contributed by atoms with Crippen LogP contribution >= 0.6 is 22.9 Å². The number of aryl methyl sites for hydroxylation is 2. The standard InChI is InChI=1S/C20H18ClN5O2S/c1-3-17-23-24-20-26(17)25-19(29-20)13-9-8-12(2)15(10-13)22-18(27)11-28-16-7-5-4-6-14(16)21/h4-10H,3,11H2,1-2H3,(H,22,27). The second-order valence-electron chi connectivity index (χ2n) is 6.37. The van der Waals surface area contributed by atoms with Gasteiger partial charge in [-0.3, -0.25) is 4.79 Å². The number of fused-ring (bicyclic) bond motifs is 1. The minimum Gasteiger partial charge on any atom is -0.482 e. The third-order valence-corrected chi connectivity index (χ3v) is 5.59. The molecule has 0 unspecified atom stereocenters. The van der Waals surface area contributed by atoms with Crippen LogP contribution in [0.15, 0.2) is 42.5 Å². The molecule has 2 aromatic heterocycles. The maximum Gasteiger partial charge on any atom is 0.262 e. The van der Waals surface area contributed by atoms with E-state index < -0.39 is 0 Å². The summed E-state index contributed by atoms with van der Waals surface area (Å²) in [6, 6.07) is 12.9. The molecule has 0 spiro atoms. The fourth-order valence-corrected chi connectivity index (χ4v) is 3.82. The number of hydrogen-bond donors (Lipinski definition) is 1. The molecule has 0 aliphatic carbocycles. The minimum absolute atomic E-state index is 0.135. The average molecular weight is 428 g/mol. The SMILES string of the molecule is CCc1nnc2sc(-c3ccc(C)c(NC(=O)COc4ccccc4Cl)c3)nn12. The van der Waals surface area contributed by atoms with Gasteiger partial charge in [0.1, 0.15) is 10.8 Å². The van der Waals surface area contributed by atoms with Crippen LogP contribution in [0, 0.1) is 6.92 Å². The van der Waals surface area contributed by atoms with Crippen molar-refractivity contribution in [2.75, 3.05) is 11.9 Å². The number of nitrogens with one attached hydrogen (secondary N) is 1. The number of nitrogens with zero attached hydrogens (tertiary/aromatic N) is 4. The Balaban J connectivity index is 1.51. The lowest BCUT2D eigenvalue weighted by Crippen LogP contribution is -2.20. The van der Waals surface area contributed by atoms with Crippen LogP contribution in [-0.4, -0.2) is 32.3 Å². The summed E-state index contributed by atoms with van der Waals surface area (Å²) < 4.78 is 7.27. The Morgan fingerprint density at radius 2 is 2.07 bits per heavy atom. The molecule has 9 heteroatoms. The summed E-state index contributed by atoms with van der Waals surface area (Å²) in [5.74, 6) is 1.03. The van der Waals surface area contributed by atoms with Gasteiger partial charge in [-0.1, -0.05) is 54.1 Å². The van der Waals surface area contributed by atoms with E-state index in [-0.39, 0.29) is 12.5 Å². The maximum absolute atomic E-state index is 12.4. The third kappa shape index (κ3) is 4.08. The molecule has 29 heavy (non-hydrogen) atoms. The Hall–Kier alpha value is -2.97. The van der Waals surface area contributed by atoms with Crippen LogP contribution in [0.2, 0.25) is 5.02 Å². The number of anilines is 1. The highest BCUT2D eigenvalue weighted by molar-refractivity contribution is 7.19. The van der Waals surface area contributed by atoms with E-state index in [2.05, 4.69) is 20.6 Å². The molecule has 1 amide bonds. The molecule has 0 atom stereocenters. The van der Waals surface area contributed by atoms with E-state index in [1.807, 2.05) is 32.0 Å². The van der Waals surface area contributed by atoms with Crippen molar-refractivity contribution in [3.05, 3.63) is 58.9 Å². The molecule has 7 nitrogen and oxygen atoms in total. The van der Waals surface area contributed by atoms with Crippen molar-refractivity contribution in [1.82, 2.24) is 19.8 Å². The highest BCUT2D eigenvalue weighted by atomic mass is 35.5. The van der Waals surface area contributed by atoms with Crippen molar-refractivity contribution in [2.45, 2.75) is 20.3 Å². The summed E-state index contributed by atoms with van der Waals surface area (Å²) in [4.78, 5) is 13.1. The molecular formula is C20H18ClN5O2S. The zero-order chi connectivity index (χ0) is 20.4. The molecule has 0 radical (unpaired) electrons. The van der Waals surface area contributed by atoms with Crippen molar-refractivity contribution in [2.24, 2.45) is 0 Å². The van der Waals surface area contributed by atoms with Gasteiger partial charge in [-0.25, -0.2) is 0 Å². The number of rotatable bonds is 6. The Morgan fingerprint density at radius 3 is 2.86 bits per heavy atom. The molecule has 0 saturated heterocycles. The highest BCUT2D eigenvalue weighted by Gasteiger charge is 2.14. The molecule has 0 fully saturated rings. The van der Waals surface area contributed by atoms with Gasteiger partial charge in [-0.15, -0.1) is 10.2 Å². The number of amides is 1. The van der Waals surface area contributed by atoms with Crippen molar-refractivity contribution in [1.29, 1.82) is 0 Å². The summed E-state index contributed by atoms with van der Waals surface area (Å²) in [6.45, 7) is 3.81. The smallest absolute Gasteiger partial charge is 0.262 e. The van der Waals surface area contributed by atoms with Gasteiger partial charge in [0.15, 0.2) is 12.4 Å². The van der Waals surface area contributed by atoms with Crippen LogP contribution in [0.5, 0.6) is 5.75 Å². The number of benzene rings is 2. The molecule has 1 N–H and O–H groups in total. The number of ether oxygens (including phenoxy) is 1. The molecule has 2 aromatic carbocycles. The normalized spacial score (nSPS) is 11.0. The van der Waals surface area contributed by atoms with Crippen LogP contribution in [0.4, 0.5) is 5.69 Å². The van der Waals surface area contributed by atoms with Crippen molar-refractivity contribution >= 4 is 39.5 Å². The van der Waals surface area contributed by atoms with Gasteiger partial charge in [-0.2, -0.15) is 9.61 Å². The average Bonchev–Trinajstić information content (AvgIpc) is 3.29. The molecular weight excluding hydrogens is 410 g/mol. The largest absolute Gasteiger partial charge is 0.482 e. The summed E-state index contributed by atoms with van der Waals surface area (Å²) in [7, 11) is 0. The fraction of sp³-hybridized carbons (Fsp3) is 0.200. The lowest BCUT2D eigenvalue weighted by molar-refractivity contribution is -0.118. The predicted octanol–water partition coefficient (Wildman–Crippen LogP) is 4.39. The van der Waals surface area contributed by atoms with Gasteiger partial charge >= 0.3 is 0 Å². The minimum atomic E-state index is -0.267. The first-order valence-corrected chi connectivity index (χ1v) is 10.2. The maximum atomic E-state index is 12.4. The van der Waals surface area contributed by atoms with Gasteiger partial charge in [0.05, 0.1) is 5.02 Å². The Morgan fingerprint density at radius 1 is 1.24 bits per heavy atom. The first-order chi connectivity index (χ1) is 14.0. The van der Waals surface area contributed by atoms with Crippen molar-refractivity contribution < 1.29 is 9.53 Å². The summed E-state index contributed by atoms with van der Waals surface area (Å²) in [5, 5.41) is 17.0. The Kier molecular flexibility index (Phi) is 5.46. The molecule has 148 valence electrons. The lowest BCUT2D eigenvalue weighted by Gasteiger charge is -2.11. The Labute approximate surface area is 176 Å². The van der Waals surface area contributed by atoms with Crippen LogP contribution in [0.25, 0.3) is 15.5 Å². The third-order valence-electron chi connectivity index (χ3n) is 4.33. The predicted molar refractivity (Wildman–Crippen MR) is 114 cm³/mol. The Bertz CT molecular complexity index is 1190. The molecule has 0 bridgehead atoms. The van der Waals surface area contributed by atoms with Crippen LogP contribution in [0.3, 0.4) is 0 Å². The van der Waals surface area contributed by atoms with E-state index in [0.29, 0.717) is 16.5 Å². The lowest BCUT2D eigenvalue weighted by atomic mass is 10.1. The highest BCUT2D eigenvalue weighted by Crippen LogP contribution is 2.29. The van der Waals surface area contributed by atoms with E-state index in [4.69, 9.17) is 16.3 Å². The van der Waals surface area contributed by atoms with Crippen molar-refractivity contribution in [3.8, 4) is 16.3 Å². The summed E-state index contributed by atoms with van der Waals surface area (Å²) in [6.07, 6.45) is 0.755. The second-order valence-corrected chi connectivity index (χ2v) is 7.73. The number of aromatic nitrogens is 4. The number of hydrogen-bond acceptors (Lipinski definition) is 6. The first kappa shape index (κ1) is 19.4. The monoisotopic (exact) mass is 427 g/mol. The van der Waals surface area contributed by atoms with E-state index in [1.165, 1.54) is 11.3 Å². The van der Waals surface area contributed by atoms with Gasteiger partial charge in [0.25, 0.3) is 5.91 Å². The number of carbonyl (C=O) groups excluding carboxylic acids is 1. The van der Waals surface area contributed by atoms with Crippen LogP contribution < -0.4 is 10.1 Å². The van der Waals surface area contributed by atoms with E-state index >= 15 is 0 Å². The first-order valence-electron chi connectivity index (χ1n) is 9.04. The molecule has 0 aliphatic heterocycles. The second kappa shape index (κ2) is 8.18. The zero-order valence-electron chi connectivity index (χ0n) is 15.8. The fourth-order valence-electron chi connectivity index (χ4n) is 2.78. The zero-order valence-corrected chi connectivity index (χ0v) is 17.4. The van der Waals surface area contributed by atoms with Crippen LogP contribution in [-0.2, 0) is 11.2 Å². The van der Waals surface area contributed by atoms with Crippen LogP contribution in [0.1, 0.15) is 18.3 Å². The van der Waals surface area contributed by atoms with Gasteiger partial charge < -0.3 is 10.1 Å². The van der Waals surface area contributed by atoms with E-state index in [9.17, 15) is 4.79 Å². The quantitative estimate of drug-likeness (QED) is 0.493. The number of para-hydroxylation sites is 1. The molecule has 4 rings (SSSR count). The molecule has 2 heterocycles. The van der Waals surface area contributed by atoms with Gasteiger partial charge in [0.2, 0.25) is 4.96 Å². The van der Waals surface area contributed by atoms with E-state index in [0.717, 1.165) is 33.3 Å². The van der Waals surface area contributed by atoms with Crippen molar-refractivity contribution in [3.63, 3.8) is 0 Å². The number of carbonyl (C=O) groups is 1. The summed E-state index contributed by atoms with van der Waals surface area (Å²) in [5.41, 5.74) is 2.55.